The monoisotopic (exact) mass is 473 g/mol. The second kappa shape index (κ2) is 8.53. The van der Waals surface area contributed by atoms with Crippen molar-refractivity contribution in [2.24, 2.45) is 0 Å². The molecule has 3 aromatic rings. The zero-order valence-corrected chi connectivity index (χ0v) is 18.4. The molecule has 1 unspecified atom stereocenters. The Hall–Kier alpha value is -1.78. The first-order valence-corrected chi connectivity index (χ1v) is 12.7. The molecule has 0 fully saturated rings. The van der Waals surface area contributed by atoms with Gasteiger partial charge >= 0.3 is 0 Å². The maximum atomic E-state index is 13.5. The Bertz CT molecular complexity index is 1210. The van der Waals surface area contributed by atoms with Gasteiger partial charge in [0.25, 0.3) is 0 Å². The van der Waals surface area contributed by atoms with Gasteiger partial charge in [-0.05, 0) is 66.4 Å². The second-order valence-electron chi connectivity index (χ2n) is 6.27. The summed E-state index contributed by atoms with van der Waals surface area (Å²) in [5, 5.41) is 0.987. The Balaban J connectivity index is 1.93. The van der Waals surface area contributed by atoms with E-state index in [0.29, 0.717) is 9.90 Å². The topological polar surface area (TPSA) is 80.3 Å². The molecule has 0 spiro atoms. The van der Waals surface area contributed by atoms with E-state index in [0.717, 1.165) is 12.1 Å². The van der Waals surface area contributed by atoms with Crippen LogP contribution in [-0.2, 0) is 19.9 Å². The van der Waals surface area contributed by atoms with Crippen LogP contribution in [0.5, 0.6) is 0 Å². The molecule has 0 aliphatic heterocycles. The summed E-state index contributed by atoms with van der Waals surface area (Å²) in [6, 6.07) is 12.4. The van der Waals surface area contributed by atoms with E-state index in [9.17, 15) is 21.2 Å². The van der Waals surface area contributed by atoms with Crippen LogP contribution in [0.25, 0.3) is 0 Å². The number of sulfonamides is 1. The van der Waals surface area contributed by atoms with Crippen LogP contribution in [0.1, 0.15) is 15.7 Å². The Morgan fingerprint density at radius 2 is 1.69 bits per heavy atom. The number of hydrogen-bond acceptors (Lipinski definition) is 5. The molecule has 1 aromatic heterocycles. The minimum atomic E-state index is -4.03. The molecule has 0 radical (unpaired) electrons. The number of nitrogens with one attached hydrogen (secondary N) is 1. The first-order valence-electron chi connectivity index (χ1n) is 8.40. The molecule has 0 amide bonds. The van der Waals surface area contributed by atoms with Gasteiger partial charge in [-0.15, -0.1) is 11.3 Å². The molecule has 0 bridgehead atoms. The van der Waals surface area contributed by atoms with Crippen molar-refractivity contribution in [3.05, 3.63) is 81.3 Å². The molecule has 1 atom stereocenters. The van der Waals surface area contributed by atoms with Crippen molar-refractivity contribution >= 4 is 42.8 Å². The van der Waals surface area contributed by atoms with Crippen molar-refractivity contribution in [3.63, 3.8) is 0 Å². The van der Waals surface area contributed by atoms with Gasteiger partial charge < -0.3 is 0 Å². The highest BCUT2D eigenvalue weighted by molar-refractivity contribution is 7.92. The minimum Gasteiger partial charge on any atom is -0.223 e. The fourth-order valence-corrected chi connectivity index (χ4v) is 6.83. The molecule has 154 valence electrons. The third-order valence-electron chi connectivity index (χ3n) is 4.28. The van der Waals surface area contributed by atoms with Gasteiger partial charge in [0.2, 0.25) is 10.0 Å². The van der Waals surface area contributed by atoms with Gasteiger partial charge in [-0.2, -0.15) is 0 Å². The zero-order valence-electron chi connectivity index (χ0n) is 15.2. The highest BCUT2D eigenvalue weighted by Gasteiger charge is 2.31. The van der Waals surface area contributed by atoms with E-state index < -0.39 is 30.9 Å². The maximum absolute atomic E-state index is 13.5. The molecule has 10 heteroatoms. The Labute approximate surface area is 178 Å². The highest BCUT2D eigenvalue weighted by Crippen LogP contribution is 2.32. The van der Waals surface area contributed by atoms with E-state index in [-0.39, 0.29) is 21.9 Å². The van der Waals surface area contributed by atoms with E-state index in [4.69, 9.17) is 11.6 Å². The lowest BCUT2D eigenvalue weighted by Crippen LogP contribution is -2.31. The summed E-state index contributed by atoms with van der Waals surface area (Å²) in [7, 11) is -7.93. The Morgan fingerprint density at radius 1 is 1.03 bits per heavy atom. The molecule has 29 heavy (non-hydrogen) atoms. The van der Waals surface area contributed by atoms with E-state index in [1.807, 2.05) is 0 Å². The normalized spacial score (nSPS) is 13.3. The lowest BCUT2D eigenvalue weighted by atomic mass is 10.2. The Morgan fingerprint density at radius 3 is 2.28 bits per heavy atom. The van der Waals surface area contributed by atoms with Crippen LogP contribution in [0.3, 0.4) is 0 Å². The molecular weight excluding hydrogens is 457 g/mol. The van der Waals surface area contributed by atoms with Crippen molar-refractivity contribution in [1.29, 1.82) is 0 Å². The summed E-state index contributed by atoms with van der Waals surface area (Å²) in [6.45, 7) is 1.08. The largest absolute Gasteiger partial charge is 0.240 e. The summed E-state index contributed by atoms with van der Waals surface area (Å²) in [5.74, 6) is -0.522. The number of aryl methyl sites for hydroxylation is 1. The van der Waals surface area contributed by atoms with Crippen molar-refractivity contribution in [3.8, 4) is 0 Å². The molecule has 0 saturated heterocycles. The molecule has 0 aliphatic carbocycles. The number of rotatable bonds is 7. The summed E-state index contributed by atoms with van der Waals surface area (Å²) in [6.07, 6.45) is 0. The number of halogens is 2. The standard InChI is InChI=1S/C19H17ClFNO4S3/c1-13-11-16(8-9-17(13)21)29(25,26)22-12-19(18-3-2-10-27-18)28(23,24)15-6-4-14(20)5-7-15/h2-11,19,22H,12H2,1H3. The van der Waals surface area contributed by atoms with Crippen molar-refractivity contribution in [1.82, 2.24) is 4.72 Å². The molecule has 0 aliphatic rings. The van der Waals surface area contributed by atoms with E-state index in [1.165, 1.54) is 48.6 Å². The summed E-state index contributed by atoms with van der Waals surface area (Å²) in [5.41, 5.74) is 0.177. The highest BCUT2D eigenvalue weighted by atomic mass is 35.5. The predicted molar refractivity (Wildman–Crippen MR) is 112 cm³/mol. The number of benzene rings is 2. The van der Waals surface area contributed by atoms with Crippen LogP contribution < -0.4 is 4.72 Å². The van der Waals surface area contributed by atoms with Gasteiger partial charge in [0.05, 0.1) is 9.79 Å². The average Bonchev–Trinajstić information content (AvgIpc) is 3.18. The average molecular weight is 474 g/mol. The van der Waals surface area contributed by atoms with Crippen LogP contribution in [0.2, 0.25) is 5.02 Å². The summed E-state index contributed by atoms with van der Waals surface area (Å²) >= 11 is 7.06. The molecular formula is C19H17ClFNO4S3. The van der Waals surface area contributed by atoms with Crippen LogP contribution in [0.15, 0.2) is 69.8 Å². The van der Waals surface area contributed by atoms with E-state index >= 15 is 0 Å². The SMILES string of the molecule is Cc1cc(S(=O)(=O)NCC(c2cccs2)S(=O)(=O)c2ccc(Cl)cc2)ccc1F. The fourth-order valence-electron chi connectivity index (χ4n) is 2.68. The first-order chi connectivity index (χ1) is 13.6. The first kappa shape index (κ1) is 21.9. The van der Waals surface area contributed by atoms with Gasteiger partial charge in [0.15, 0.2) is 9.84 Å². The van der Waals surface area contributed by atoms with Crippen molar-refractivity contribution in [2.75, 3.05) is 6.54 Å². The maximum Gasteiger partial charge on any atom is 0.240 e. The second-order valence-corrected chi connectivity index (χ2v) is 11.6. The minimum absolute atomic E-state index is 0.0390. The van der Waals surface area contributed by atoms with Crippen LogP contribution in [-0.4, -0.2) is 23.4 Å². The smallest absolute Gasteiger partial charge is 0.223 e. The van der Waals surface area contributed by atoms with E-state index in [2.05, 4.69) is 4.72 Å². The van der Waals surface area contributed by atoms with Crippen molar-refractivity contribution < 1.29 is 21.2 Å². The fraction of sp³-hybridized carbons (Fsp3) is 0.158. The molecule has 5 nitrogen and oxygen atoms in total. The predicted octanol–water partition coefficient (Wildman–Crippen LogP) is 4.34. The number of hydrogen-bond donors (Lipinski definition) is 1. The molecule has 1 N–H and O–H groups in total. The quantitative estimate of drug-likeness (QED) is 0.553. The van der Waals surface area contributed by atoms with Crippen LogP contribution in [0.4, 0.5) is 4.39 Å². The third-order valence-corrected chi connectivity index (χ3v) is 9.18. The van der Waals surface area contributed by atoms with Crippen LogP contribution in [0, 0.1) is 12.7 Å². The van der Waals surface area contributed by atoms with Crippen LogP contribution >= 0.6 is 22.9 Å². The third kappa shape index (κ3) is 4.87. The molecule has 2 aromatic carbocycles. The lowest BCUT2D eigenvalue weighted by Gasteiger charge is -2.18. The van der Waals surface area contributed by atoms with Gasteiger partial charge in [0.1, 0.15) is 11.1 Å². The van der Waals surface area contributed by atoms with Gasteiger partial charge in [-0.3, -0.25) is 0 Å². The summed E-state index contributed by atoms with van der Waals surface area (Å²) in [4.78, 5) is 0.403. The summed E-state index contributed by atoms with van der Waals surface area (Å²) < 4.78 is 67.4. The number of thiophene rings is 1. The number of sulfone groups is 1. The van der Waals surface area contributed by atoms with Gasteiger partial charge in [0, 0.05) is 16.4 Å². The van der Waals surface area contributed by atoms with E-state index in [1.54, 1.807) is 17.5 Å². The lowest BCUT2D eigenvalue weighted by molar-refractivity contribution is 0.569. The van der Waals surface area contributed by atoms with Gasteiger partial charge in [-0.1, -0.05) is 17.7 Å². The zero-order chi connectivity index (χ0) is 21.2. The van der Waals surface area contributed by atoms with Gasteiger partial charge in [-0.25, -0.2) is 25.9 Å². The Kier molecular flexibility index (Phi) is 6.45. The molecule has 1 heterocycles. The van der Waals surface area contributed by atoms with Crippen molar-refractivity contribution in [2.45, 2.75) is 22.0 Å². The molecule has 0 saturated carbocycles. The molecule has 3 rings (SSSR count).